The SMILES string of the molecule is COc1ncccc1NC(=O)CN1C(=O)c2ccccc2N2C(=O)c3ccccc3[C@H]12. The highest BCUT2D eigenvalue weighted by atomic mass is 16.5. The van der Waals surface area contributed by atoms with Crippen LogP contribution in [0.5, 0.6) is 5.88 Å². The van der Waals surface area contributed by atoms with E-state index in [1.807, 2.05) is 12.1 Å². The van der Waals surface area contributed by atoms with Crippen molar-refractivity contribution in [1.29, 1.82) is 0 Å². The van der Waals surface area contributed by atoms with E-state index in [0.717, 1.165) is 0 Å². The molecule has 0 fully saturated rings. The Morgan fingerprint density at radius 1 is 1.00 bits per heavy atom. The highest BCUT2D eigenvalue weighted by Gasteiger charge is 2.48. The maximum absolute atomic E-state index is 13.4. The Labute approximate surface area is 178 Å². The molecule has 5 rings (SSSR count). The molecular weight excluding hydrogens is 396 g/mol. The molecule has 1 aromatic heterocycles. The molecule has 0 aliphatic carbocycles. The highest BCUT2D eigenvalue weighted by molar-refractivity contribution is 6.17. The van der Waals surface area contributed by atoms with Crippen LogP contribution < -0.4 is 15.0 Å². The molecule has 3 heterocycles. The van der Waals surface area contributed by atoms with Gasteiger partial charge in [0.1, 0.15) is 18.4 Å². The quantitative estimate of drug-likeness (QED) is 0.709. The van der Waals surface area contributed by atoms with Gasteiger partial charge in [-0.15, -0.1) is 0 Å². The van der Waals surface area contributed by atoms with E-state index in [4.69, 9.17) is 4.74 Å². The average Bonchev–Trinajstić information content (AvgIpc) is 3.10. The summed E-state index contributed by atoms with van der Waals surface area (Å²) >= 11 is 0. The molecule has 154 valence electrons. The van der Waals surface area contributed by atoms with Crippen LogP contribution in [0.1, 0.15) is 32.4 Å². The number of para-hydroxylation sites is 1. The van der Waals surface area contributed by atoms with Gasteiger partial charge in [0.2, 0.25) is 11.8 Å². The number of anilines is 2. The largest absolute Gasteiger partial charge is 0.480 e. The first kappa shape index (κ1) is 18.8. The molecule has 8 heteroatoms. The Balaban J connectivity index is 1.53. The first-order valence-corrected chi connectivity index (χ1v) is 9.71. The van der Waals surface area contributed by atoms with Gasteiger partial charge in [-0.25, -0.2) is 4.98 Å². The third kappa shape index (κ3) is 2.92. The van der Waals surface area contributed by atoms with Crippen LogP contribution in [0.2, 0.25) is 0 Å². The molecule has 8 nitrogen and oxygen atoms in total. The third-order valence-electron chi connectivity index (χ3n) is 5.44. The second-order valence-electron chi connectivity index (χ2n) is 7.19. The van der Waals surface area contributed by atoms with Crippen molar-refractivity contribution in [1.82, 2.24) is 9.88 Å². The summed E-state index contributed by atoms with van der Waals surface area (Å²) in [5.41, 5.74) is 2.55. The lowest BCUT2D eigenvalue weighted by Crippen LogP contribution is -2.50. The number of hydrogen-bond acceptors (Lipinski definition) is 5. The summed E-state index contributed by atoms with van der Waals surface area (Å²) < 4.78 is 5.17. The molecule has 2 aromatic carbocycles. The summed E-state index contributed by atoms with van der Waals surface area (Å²) in [5.74, 6) is -0.653. The van der Waals surface area contributed by atoms with Crippen molar-refractivity contribution in [3.63, 3.8) is 0 Å². The van der Waals surface area contributed by atoms with E-state index in [9.17, 15) is 14.4 Å². The van der Waals surface area contributed by atoms with Gasteiger partial charge in [-0.05, 0) is 30.3 Å². The summed E-state index contributed by atoms with van der Waals surface area (Å²) in [4.78, 5) is 46.5. The van der Waals surface area contributed by atoms with E-state index < -0.39 is 12.1 Å². The number of carbonyl (C=O) groups is 3. The Kier molecular flexibility index (Phi) is 4.39. The van der Waals surface area contributed by atoms with Crippen LogP contribution >= 0.6 is 0 Å². The van der Waals surface area contributed by atoms with E-state index in [0.29, 0.717) is 28.1 Å². The second kappa shape index (κ2) is 7.24. The molecule has 0 bridgehead atoms. The maximum Gasteiger partial charge on any atom is 0.260 e. The Bertz CT molecular complexity index is 1230. The number of nitrogens with zero attached hydrogens (tertiary/aromatic N) is 3. The molecule has 0 saturated heterocycles. The van der Waals surface area contributed by atoms with E-state index in [2.05, 4.69) is 10.3 Å². The summed E-state index contributed by atoms with van der Waals surface area (Å²) in [6.45, 7) is -0.242. The number of fused-ring (bicyclic) bond motifs is 5. The van der Waals surface area contributed by atoms with E-state index in [1.165, 1.54) is 12.0 Å². The number of benzene rings is 2. The number of nitrogens with one attached hydrogen (secondary N) is 1. The van der Waals surface area contributed by atoms with Crippen LogP contribution in [0.25, 0.3) is 0 Å². The van der Waals surface area contributed by atoms with Crippen molar-refractivity contribution < 1.29 is 19.1 Å². The first-order valence-electron chi connectivity index (χ1n) is 9.71. The van der Waals surface area contributed by atoms with Gasteiger partial charge in [0.05, 0.1) is 18.4 Å². The number of hydrogen-bond donors (Lipinski definition) is 1. The Hall–Kier alpha value is -4.20. The zero-order chi connectivity index (χ0) is 21.5. The normalized spacial score (nSPS) is 16.5. The number of methoxy groups -OCH3 is 1. The molecule has 1 N–H and O–H groups in total. The van der Waals surface area contributed by atoms with E-state index in [-0.39, 0.29) is 24.2 Å². The highest BCUT2D eigenvalue weighted by Crippen LogP contribution is 2.44. The van der Waals surface area contributed by atoms with Gasteiger partial charge in [-0.2, -0.15) is 0 Å². The fourth-order valence-electron chi connectivity index (χ4n) is 4.13. The molecule has 0 radical (unpaired) electrons. The minimum Gasteiger partial charge on any atom is -0.480 e. The van der Waals surface area contributed by atoms with Gasteiger partial charge >= 0.3 is 0 Å². The van der Waals surface area contributed by atoms with E-state index in [1.54, 1.807) is 59.6 Å². The number of pyridine rings is 1. The van der Waals surface area contributed by atoms with Crippen LogP contribution in [0.4, 0.5) is 11.4 Å². The molecule has 0 unspecified atom stereocenters. The Morgan fingerprint density at radius 2 is 1.74 bits per heavy atom. The lowest BCUT2D eigenvalue weighted by atomic mass is 10.0. The second-order valence-corrected chi connectivity index (χ2v) is 7.19. The fraction of sp³-hybridized carbons (Fsp3) is 0.130. The molecular formula is C23H18N4O4. The van der Waals surface area contributed by atoms with Crippen LogP contribution in [0.15, 0.2) is 66.9 Å². The van der Waals surface area contributed by atoms with Crippen molar-refractivity contribution in [3.05, 3.63) is 83.6 Å². The van der Waals surface area contributed by atoms with Gasteiger partial charge in [0.15, 0.2) is 0 Å². The summed E-state index contributed by atoms with van der Waals surface area (Å²) in [6, 6.07) is 17.4. The van der Waals surface area contributed by atoms with Crippen LogP contribution in [-0.4, -0.2) is 41.3 Å². The summed E-state index contributed by atoms with van der Waals surface area (Å²) in [6.07, 6.45) is 0.867. The van der Waals surface area contributed by atoms with Gasteiger partial charge in [-0.1, -0.05) is 30.3 Å². The lowest BCUT2D eigenvalue weighted by Gasteiger charge is -2.40. The number of carbonyl (C=O) groups excluding carboxylic acids is 3. The van der Waals surface area contributed by atoms with Crippen molar-refractivity contribution in [3.8, 4) is 5.88 Å². The van der Waals surface area contributed by atoms with Gasteiger partial charge in [-0.3, -0.25) is 19.3 Å². The molecule has 2 aliphatic heterocycles. The van der Waals surface area contributed by atoms with Crippen molar-refractivity contribution in [2.75, 3.05) is 23.9 Å². The number of rotatable bonds is 4. The van der Waals surface area contributed by atoms with Crippen molar-refractivity contribution in [2.45, 2.75) is 6.17 Å². The van der Waals surface area contributed by atoms with Crippen LogP contribution in [0.3, 0.4) is 0 Å². The number of ether oxygens (including phenoxy) is 1. The molecule has 0 spiro atoms. The summed E-state index contributed by atoms with van der Waals surface area (Å²) in [7, 11) is 1.46. The molecule has 3 amide bonds. The molecule has 2 aliphatic rings. The molecule has 3 aromatic rings. The zero-order valence-electron chi connectivity index (χ0n) is 16.6. The standard InChI is InChI=1S/C23H18N4O4/c1-31-20-17(10-6-12-24-20)25-19(28)13-26-21-14-7-2-3-8-15(14)23(30)27(21)18-11-5-4-9-16(18)22(26)29/h2-12,21H,13H2,1H3,(H,25,28)/t21-/m1/s1. The lowest BCUT2D eigenvalue weighted by molar-refractivity contribution is -0.117. The third-order valence-corrected chi connectivity index (χ3v) is 5.44. The van der Waals surface area contributed by atoms with E-state index >= 15 is 0 Å². The van der Waals surface area contributed by atoms with Gasteiger partial charge in [0, 0.05) is 17.3 Å². The van der Waals surface area contributed by atoms with Crippen LogP contribution in [0, 0.1) is 0 Å². The first-order chi connectivity index (χ1) is 15.1. The Morgan fingerprint density at radius 3 is 2.55 bits per heavy atom. The van der Waals surface area contributed by atoms with Gasteiger partial charge < -0.3 is 15.0 Å². The minimum absolute atomic E-state index is 0.195. The maximum atomic E-state index is 13.4. The predicted molar refractivity (Wildman–Crippen MR) is 113 cm³/mol. The number of amides is 3. The van der Waals surface area contributed by atoms with Gasteiger partial charge in [0.25, 0.3) is 11.8 Å². The molecule has 0 saturated carbocycles. The monoisotopic (exact) mass is 414 g/mol. The fourth-order valence-corrected chi connectivity index (χ4v) is 4.13. The molecule has 1 atom stereocenters. The van der Waals surface area contributed by atoms with Crippen LogP contribution in [-0.2, 0) is 4.79 Å². The minimum atomic E-state index is -0.687. The number of aromatic nitrogens is 1. The smallest absolute Gasteiger partial charge is 0.260 e. The predicted octanol–water partition coefficient (Wildman–Crippen LogP) is 2.84. The summed E-state index contributed by atoms with van der Waals surface area (Å²) in [5, 5.41) is 2.74. The van der Waals surface area contributed by atoms with Crippen molar-refractivity contribution >= 4 is 29.1 Å². The molecule has 31 heavy (non-hydrogen) atoms. The van der Waals surface area contributed by atoms with Crippen molar-refractivity contribution in [2.24, 2.45) is 0 Å². The average molecular weight is 414 g/mol. The topological polar surface area (TPSA) is 91.8 Å². The zero-order valence-corrected chi connectivity index (χ0v) is 16.6.